The third kappa shape index (κ3) is 3.76. The van der Waals surface area contributed by atoms with Crippen LogP contribution in [0, 0.1) is 0 Å². The molecule has 7 heteroatoms. The standard InChI is InChI=1S/C22H20N4OS2/c27-22(25-16-14-24-8-7-17(16)26-11-9-23-10-12-26)20-6-5-19(29-20)21-13-15-3-1-2-4-18(15)28-21/h1-8,13-14,23H,9-12H2,(H,25,27). The van der Waals surface area contributed by atoms with E-state index in [1.54, 1.807) is 23.7 Å². The molecule has 3 aromatic heterocycles. The van der Waals surface area contributed by atoms with E-state index in [2.05, 4.69) is 50.8 Å². The molecule has 0 aliphatic carbocycles. The van der Waals surface area contributed by atoms with Gasteiger partial charge in [-0.05, 0) is 35.7 Å². The Hall–Kier alpha value is -2.74. The van der Waals surface area contributed by atoms with E-state index in [0.29, 0.717) is 4.88 Å². The second-order valence-corrected chi connectivity index (χ2v) is 9.06. The largest absolute Gasteiger partial charge is 0.367 e. The van der Waals surface area contributed by atoms with Crippen molar-refractivity contribution in [2.24, 2.45) is 0 Å². The normalized spacial score (nSPS) is 14.3. The van der Waals surface area contributed by atoms with E-state index in [4.69, 9.17) is 0 Å². The Balaban J connectivity index is 1.37. The van der Waals surface area contributed by atoms with E-state index in [1.807, 2.05) is 18.2 Å². The molecule has 5 rings (SSSR count). The molecule has 1 fully saturated rings. The number of rotatable bonds is 4. The fourth-order valence-electron chi connectivity index (χ4n) is 3.54. The van der Waals surface area contributed by atoms with Gasteiger partial charge in [0.1, 0.15) is 0 Å². The summed E-state index contributed by atoms with van der Waals surface area (Å²) in [6.45, 7) is 3.72. The summed E-state index contributed by atoms with van der Waals surface area (Å²) in [7, 11) is 0. The molecule has 4 heterocycles. The van der Waals surface area contributed by atoms with Crippen molar-refractivity contribution in [1.29, 1.82) is 0 Å². The molecule has 1 aliphatic rings. The first-order valence-electron chi connectivity index (χ1n) is 9.58. The molecule has 0 spiro atoms. The zero-order valence-electron chi connectivity index (χ0n) is 15.7. The molecule has 0 unspecified atom stereocenters. The van der Waals surface area contributed by atoms with Gasteiger partial charge in [0.2, 0.25) is 0 Å². The first-order chi connectivity index (χ1) is 14.3. The molecule has 0 atom stereocenters. The molecular weight excluding hydrogens is 400 g/mol. The summed E-state index contributed by atoms with van der Waals surface area (Å²) in [4.78, 5) is 22.4. The molecular formula is C22H20N4OS2. The van der Waals surface area contributed by atoms with E-state index < -0.39 is 0 Å². The lowest BCUT2D eigenvalue weighted by atomic mass is 10.2. The predicted octanol–water partition coefficient (Wildman–Crippen LogP) is 4.69. The zero-order chi connectivity index (χ0) is 19.6. The van der Waals surface area contributed by atoms with Crippen LogP contribution in [0.5, 0.6) is 0 Å². The highest BCUT2D eigenvalue weighted by Gasteiger charge is 2.17. The van der Waals surface area contributed by atoms with Gasteiger partial charge in [0.05, 0.1) is 22.4 Å². The molecule has 1 aliphatic heterocycles. The summed E-state index contributed by atoms with van der Waals surface area (Å²) in [5, 5.41) is 7.66. The van der Waals surface area contributed by atoms with Crippen molar-refractivity contribution in [2.75, 3.05) is 36.4 Å². The summed E-state index contributed by atoms with van der Waals surface area (Å²) in [6.07, 6.45) is 3.51. The number of nitrogens with one attached hydrogen (secondary N) is 2. The van der Waals surface area contributed by atoms with Crippen molar-refractivity contribution in [3.05, 3.63) is 65.8 Å². The SMILES string of the molecule is O=C(Nc1cnccc1N1CCNCC1)c1ccc(-c2cc3ccccc3s2)s1. The Morgan fingerprint density at radius 1 is 1.03 bits per heavy atom. The number of carbonyl (C=O) groups excluding carboxylic acids is 1. The summed E-state index contributed by atoms with van der Waals surface area (Å²) >= 11 is 3.28. The van der Waals surface area contributed by atoms with E-state index in [1.165, 1.54) is 26.3 Å². The number of hydrogen-bond acceptors (Lipinski definition) is 6. The third-order valence-corrected chi connectivity index (χ3v) is 7.40. The van der Waals surface area contributed by atoms with Gasteiger partial charge in [-0.1, -0.05) is 18.2 Å². The molecule has 0 saturated carbocycles. The molecule has 1 aromatic carbocycles. The highest BCUT2D eigenvalue weighted by atomic mass is 32.1. The van der Waals surface area contributed by atoms with Crippen molar-refractivity contribution in [2.45, 2.75) is 0 Å². The van der Waals surface area contributed by atoms with Gasteiger partial charge in [0.25, 0.3) is 5.91 Å². The number of piperazine rings is 1. The van der Waals surface area contributed by atoms with Crippen molar-refractivity contribution < 1.29 is 4.79 Å². The maximum atomic E-state index is 12.9. The van der Waals surface area contributed by atoms with Crippen LogP contribution in [-0.2, 0) is 0 Å². The van der Waals surface area contributed by atoms with Crippen LogP contribution in [0.3, 0.4) is 0 Å². The van der Waals surface area contributed by atoms with Crippen molar-refractivity contribution >= 4 is 50.0 Å². The Kier molecular flexibility index (Phi) is 5.01. The number of fused-ring (bicyclic) bond motifs is 1. The van der Waals surface area contributed by atoms with Gasteiger partial charge >= 0.3 is 0 Å². The average molecular weight is 421 g/mol. The monoisotopic (exact) mass is 420 g/mol. The lowest BCUT2D eigenvalue weighted by molar-refractivity contribution is 0.103. The molecule has 0 radical (unpaired) electrons. The third-order valence-electron chi connectivity index (χ3n) is 5.00. The summed E-state index contributed by atoms with van der Waals surface area (Å²) in [5.41, 5.74) is 1.78. The summed E-state index contributed by atoms with van der Waals surface area (Å²) in [6, 6.07) is 16.5. The van der Waals surface area contributed by atoms with Gasteiger partial charge in [-0.15, -0.1) is 22.7 Å². The quantitative estimate of drug-likeness (QED) is 0.503. The lowest BCUT2D eigenvalue weighted by Gasteiger charge is -2.30. The number of amides is 1. The highest BCUT2D eigenvalue weighted by Crippen LogP contribution is 2.37. The number of carbonyl (C=O) groups is 1. The minimum absolute atomic E-state index is 0.0910. The zero-order valence-corrected chi connectivity index (χ0v) is 17.4. The Bertz CT molecular complexity index is 1130. The number of nitrogens with zero attached hydrogens (tertiary/aromatic N) is 2. The van der Waals surface area contributed by atoms with Crippen molar-refractivity contribution in [3.63, 3.8) is 0 Å². The van der Waals surface area contributed by atoms with E-state index in [9.17, 15) is 4.79 Å². The van der Waals surface area contributed by atoms with E-state index in [0.717, 1.165) is 42.4 Å². The van der Waals surface area contributed by atoms with Gasteiger partial charge in [-0.2, -0.15) is 0 Å². The lowest BCUT2D eigenvalue weighted by Crippen LogP contribution is -2.43. The number of hydrogen-bond donors (Lipinski definition) is 2. The van der Waals surface area contributed by atoms with Crippen LogP contribution in [0.15, 0.2) is 60.9 Å². The molecule has 1 saturated heterocycles. The smallest absolute Gasteiger partial charge is 0.265 e. The van der Waals surface area contributed by atoms with Crippen LogP contribution in [-0.4, -0.2) is 37.1 Å². The number of aromatic nitrogens is 1. The van der Waals surface area contributed by atoms with Crippen LogP contribution >= 0.6 is 22.7 Å². The highest BCUT2D eigenvalue weighted by molar-refractivity contribution is 7.26. The van der Waals surface area contributed by atoms with Gasteiger partial charge < -0.3 is 15.5 Å². The Morgan fingerprint density at radius 2 is 1.90 bits per heavy atom. The van der Waals surface area contributed by atoms with E-state index in [-0.39, 0.29) is 5.91 Å². The first-order valence-corrected chi connectivity index (χ1v) is 11.2. The predicted molar refractivity (Wildman–Crippen MR) is 122 cm³/mol. The number of benzene rings is 1. The Morgan fingerprint density at radius 3 is 2.76 bits per heavy atom. The van der Waals surface area contributed by atoms with Gasteiger partial charge in [-0.25, -0.2) is 0 Å². The Labute approximate surface area is 177 Å². The van der Waals surface area contributed by atoms with Crippen molar-refractivity contribution in [1.82, 2.24) is 10.3 Å². The maximum absolute atomic E-state index is 12.9. The molecule has 29 heavy (non-hydrogen) atoms. The van der Waals surface area contributed by atoms with Crippen LogP contribution in [0.1, 0.15) is 9.67 Å². The summed E-state index contributed by atoms with van der Waals surface area (Å²) < 4.78 is 1.26. The molecule has 1 amide bonds. The van der Waals surface area contributed by atoms with Crippen LogP contribution in [0.25, 0.3) is 19.8 Å². The maximum Gasteiger partial charge on any atom is 0.265 e. The first kappa shape index (κ1) is 18.3. The van der Waals surface area contributed by atoms with Gasteiger partial charge in [-0.3, -0.25) is 9.78 Å². The molecule has 5 nitrogen and oxygen atoms in total. The molecule has 0 bridgehead atoms. The molecule has 2 N–H and O–H groups in total. The van der Waals surface area contributed by atoms with E-state index >= 15 is 0 Å². The van der Waals surface area contributed by atoms with Gasteiger partial charge in [0, 0.05) is 46.8 Å². The minimum atomic E-state index is -0.0910. The number of thiophene rings is 2. The minimum Gasteiger partial charge on any atom is -0.367 e. The molecule has 146 valence electrons. The van der Waals surface area contributed by atoms with Crippen molar-refractivity contribution in [3.8, 4) is 9.75 Å². The molecule has 4 aromatic rings. The average Bonchev–Trinajstić information content (AvgIpc) is 3.42. The van der Waals surface area contributed by atoms with Gasteiger partial charge in [0.15, 0.2) is 0 Å². The number of pyridine rings is 1. The van der Waals surface area contributed by atoms with Crippen LogP contribution in [0.2, 0.25) is 0 Å². The second kappa shape index (κ2) is 7.94. The van der Waals surface area contributed by atoms with Crippen LogP contribution < -0.4 is 15.5 Å². The fraction of sp³-hybridized carbons (Fsp3) is 0.182. The number of anilines is 2. The van der Waals surface area contributed by atoms with Crippen LogP contribution in [0.4, 0.5) is 11.4 Å². The summed E-state index contributed by atoms with van der Waals surface area (Å²) in [5.74, 6) is -0.0910. The second-order valence-electron chi connectivity index (χ2n) is 6.90. The topological polar surface area (TPSA) is 57.3 Å². The fourth-order valence-corrected chi connectivity index (χ4v) is 5.59.